The number of aliphatic hydroxyl groups excluding tert-OH is 1. The van der Waals surface area contributed by atoms with E-state index < -0.39 is 29.5 Å². The van der Waals surface area contributed by atoms with E-state index in [9.17, 15) is 23.1 Å². The molecule has 29 heavy (non-hydrogen) atoms. The third-order valence-electron chi connectivity index (χ3n) is 4.54. The minimum Gasteiger partial charge on any atom is -0.491 e. The van der Waals surface area contributed by atoms with Crippen LogP contribution in [0.2, 0.25) is 0 Å². The SMILES string of the molecule is NC(=O)c1nc2n(c1C(O)c1cc(F)cc(F)c1)CCOc1cc(F)c(Br)cc1-2. The molecule has 1 unspecified atom stereocenters. The molecule has 1 aromatic heterocycles. The molecule has 150 valence electrons. The van der Waals surface area contributed by atoms with Crippen LogP contribution in [0.3, 0.4) is 0 Å². The summed E-state index contributed by atoms with van der Waals surface area (Å²) in [6.07, 6.45) is -1.59. The van der Waals surface area contributed by atoms with Gasteiger partial charge >= 0.3 is 0 Å². The van der Waals surface area contributed by atoms with E-state index in [0.717, 1.165) is 12.1 Å². The summed E-state index contributed by atoms with van der Waals surface area (Å²) in [6, 6.07) is 5.17. The van der Waals surface area contributed by atoms with Crippen LogP contribution in [0.25, 0.3) is 11.4 Å². The molecule has 0 saturated heterocycles. The lowest BCUT2D eigenvalue weighted by molar-refractivity contribution is 0.0989. The van der Waals surface area contributed by atoms with Crippen molar-refractivity contribution < 1.29 is 27.8 Å². The summed E-state index contributed by atoms with van der Waals surface area (Å²) >= 11 is 3.10. The maximum Gasteiger partial charge on any atom is 0.269 e. The van der Waals surface area contributed by atoms with Gasteiger partial charge in [0.05, 0.1) is 22.3 Å². The first-order valence-electron chi connectivity index (χ1n) is 8.42. The zero-order valence-electron chi connectivity index (χ0n) is 14.6. The van der Waals surface area contributed by atoms with Crippen molar-refractivity contribution in [3.05, 3.63) is 69.2 Å². The molecule has 0 fully saturated rings. The highest BCUT2D eigenvalue weighted by atomic mass is 79.9. The third kappa shape index (κ3) is 3.38. The van der Waals surface area contributed by atoms with E-state index >= 15 is 0 Å². The summed E-state index contributed by atoms with van der Waals surface area (Å²) in [5, 5.41) is 10.8. The van der Waals surface area contributed by atoms with Gasteiger partial charge in [-0.3, -0.25) is 4.79 Å². The number of primary amides is 1. The molecule has 10 heteroatoms. The lowest BCUT2D eigenvalue weighted by atomic mass is 10.0. The van der Waals surface area contributed by atoms with E-state index in [4.69, 9.17) is 10.5 Å². The predicted molar refractivity (Wildman–Crippen MR) is 99.8 cm³/mol. The molecule has 1 aliphatic heterocycles. The molecule has 3 aromatic rings. The van der Waals surface area contributed by atoms with Gasteiger partial charge in [-0.15, -0.1) is 0 Å². The number of imidazole rings is 1. The number of rotatable bonds is 3. The largest absolute Gasteiger partial charge is 0.491 e. The van der Waals surface area contributed by atoms with Crippen molar-refractivity contribution in [1.29, 1.82) is 0 Å². The lowest BCUT2D eigenvalue weighted by Crippen LogP contribution is -2.19. The van der Waals surface area contributed by atoms with Crippen molar-refractivity contribution in [2.24, 2.45) is 5.73 Å². The van der Waals surface area contributed by atoms with Crippen LogP contribution in [0, 0.1) is 17.5 Å². The van der Waals surface area contributed by atoms with Crippen LogP contribution in [-0.4, -0.2) is 27.2 Å². The van der Waals surface area contributed by atoms with Gasteiger partial charge in [-0.25, -0.2) is 18.2 Å². The Kier molecular flexibility index (Phi) is 4.83. The lowest BCUT2D eigenvalue weighted by Gasteiger charge is -2.16. The van der Waals surface area contributed by atoms with Gasteiger partial charge in [0, 0.05) is 12.1 Å². The number of hydrogen-bond acceptors (Lipinski definition) is 4. The molecule has 2 heterocycles. The summed E-state index contributed by atoms with van der Waals surface area (Å²) in [7, 11) is 0. The maximum absolute atomic E-state index is 13.9. The number of carbonyl (C=O) groups is 1. The Balaban J connectivity index is 1.95. The van der Waals surface area contributed by atoms with Crippen LogP contribution in [0.15, 0.2) is 34.8 Å². The van der Waals surface area contributed by atoms with Crippen molar-refractivity contribution >= 4 is 21.8 Å². The molecule has 3 N–H and O–H groups in total. The van der Waals surface area contributed by atoms with E-state index in [-0.39, 0.29) is 46.1 Å². The topological polar surface area (TPSA) is 90.4 Å². The minimum absolute atomic E-state index is 0.0330. The number of fused-ring (bicyclic) bond motifs is 3. The summed E-state index contributed by atoms with van der Waals surface area (Å²) in [5.74, 6) is -2.84. The molecular formula is C19H13BrF3N3O3. The highest BCUT2D eigenvalue weighted by molar-refractivity contribution is 9.10. The average molecular weight is 468 g/mol. The van der Waals surface area contributed by atoms with E-state index in [0.29, 0.717) is 11.6 Å². The first kappa shape index (κ1) is 19.5. The Labute approximate surface area is 170 Å². The van der Waals surface area contributed by atoms with E-state index in [1.54, 1.807) is 0 Å². The second kappa shape index (κ2) is 7.20. The van der Waals surface area contributed by atoms with E-state index in [1.165, 1.54) is 16.7 Å². The Bertz CT molecular complexity index is 1130. The molecule has 1 amide bonds. The number of hydrogen-bond donors (Lipinski definition) is 2. The van der Waals surface area contributed by atoms with Crippen molar-refractivity contribution in [1.82, 2.24) is 9.55 Å². The van der Waals surface area contributed by atoms with Crippen LogP contribution in [0.4, 0.5) is 13.2 Å². The Morgan fingerprint density at radius 2 is 1.90 bits per heavy atom. The molecule has 0 aliphatic carbocycles. The zero-order chi connectivity index (χ0) is 20.9. The molecular weight excluding hydrogens is 455 g/mol. The smallest absolute Gasteiger partial charge is 0.269 e. The molecule has 0 saturated carbocycles. The fourth-order valence-electron chi connectivity index (χ4n) is 3.32. The molecule has 1 aliphatic rings. The Morgan fingerprint density at radius 1 is 1.21 bits per heavy atom. The first-order valence-corrected chi connectivity index (χ1v) is 9.22. The highest BCUT2D eigenvalue weighted by Crippen LogP contribution is 2.39. The monoisotopic (exact) mass is 467 g/mol. The van der Waals surface area contributed by atoms with Crippen molar-refractivity contribution in [2.45, 2.75) is 12.6 Å². The minimum atomic E-state index is -1.59. The Morgan fingerprint density at radius 3 is 2.55 bits per heavy atom. The summed E-state index contributed by atoms with van der Waals surface area (Å²) < 4.78 is 48.4. The second-order valence-electron chi connectivity index (χ2n) is 6.40. The van der Waals surface area contributed by atoms with Crippen molar-refractivity contribution in [2.75, 3.05) is 6.61 Å². The van der Waals surface area contributed by atoms with Crippen LogP contribution in [0.1, 0.15) is 27.8 Å². The standard InChI is InChI=1S/C19H13BrF3N3O3/c20-12-6-11-14(7-13(12)23)29-2-1-26-16(15(18(24)28)25-19(11)26)17(27)8-3-9(21)5-10(22)4-8/h3-7,17,27H,1-2H2,(H2,24,28). The molecule has 6 nitrogen and oxygen atoms in total. The zero-order valence-corrected chi connectivity index (χ0v) is 16.2. The van der Waals surface area contributed by atoms with Crippen LogP contribution in [0.5, 0.6) is 5.75 Å². The van der Waals surface area contributed by atoms with E-state index in [2.05, 4.69) is 20.9 Å². The number of carbonyl (C=O) groups excluding carboxylic acids is 1. The second-order valence-corrected chi connectivity index (χ2v) is 7.26. The number of nitrogens with zero attached hydrogens (tertiary/aromatic N) is 2. The molecule has 4 rings (SSSR count). The molecule has 0 bridgehead atoms. The summed E-state index contributed by atoms with van der Waals surface area (Å²) in [6.45, 7) is 0.209. The maximum atomic E-state index is 13.9. The van der Waals surface area contributed by atoms with Gasteiger partial charge in [0.1, 0.15) is 41.7 Å². The molecule has 0 radical (unpaired) electrons. The van der Waals surface area contributed by atoms with Crippen LogP contribution >= 0.6 is 15.9 Å². The van der Waals surface area contributed by atoms with Crippen LogP contribution in [-0.2, 0) is 6.54 Å². The number of benzene rings is 2. The fourth-order valence-corrected chi connectivity index (χ4v) is 3.66. The average Bonchev–Trinajstić information content (AvgIpc) is 2.94. The number of amides is 1. The van der Waals surface area contributed by atoms with Gasteiger partial charge in [0.25, 0.3) is 5.91 Å². The predicted octanol–water partition coefficient (Wildman–Crippen LogP) is 3.30. The normalized spacial score (nSPS) is 13.8. The van der Waals surface area contributed by atoms with Crippen molar-refractivity contribution in [3.8, 4) is 17.1 Å². The van der Waals surface area contributed by atoms with Gasteiger partial charge in [0.15, 0.2) is 5.69 Å². The molecule has 2 aromatic carbocycles. The number of aliphatic hydroxyl groups is 1. The van der Waals surface area contributed by atoms with E-state index in [1.807, 2.05) is 0 Å². The number of nitrogens with two attached hydrogens (primary N) is 1. The third-order valence-corrected chi connectivity index (χ3v) is 5.14. The van der Waals surface area contributed by atoms with Gasteiger partial charge in [-0.1, -0.05) is 0 Å². The van der Waals surface area contributed by atoms with Gasteiger partial charge in [-0.2, -0.15) is 0 Å². The number of halogens is 4. The van der Waals surface area contributed by atoms with Crippen molar-refractivity contribution in [3.63, 3.8) is 0 Å². The quantitative estimate of drug-likeness (QED) is 0.618. The number of ether oxygens (including phenoxy) is 1. The first-order chi connectivity index (χ1) is 13.8. The molecule has 1 atom stereocenters. The summed E-state index contributed by atoms with van der Waals surface area (Å²) in [5.41, 5.74) is 5.40. The number of aromatic nitrogens is 2. The van der Waals surface area contributed by atoms with Gasteiger partial charge < -0.3 is 20.1 Å². The molecule has 0 spiro atoms. The van der Waals surface area contributed by atoms with Crippen LogP contribution < -0.4 is 10.5 Å². The fraction of sp³-hybridized carbons (Fsp3) is 0.158. The van der Waals surface area contributed by atoms with Gasteiger partial charge in [0.2, 0.25) is 0 Å². The summed E-state index contributed by atoms with van der Waals surface area (Å²) in [4.78, 5) is 16.2. The van der Waals surface area contributed by atoms with Gasteiger partial charge in [-0.05, 0) is 39.7 Å². The highest BCUT2D eigenvalue weighted by Gasteiger charge is 2.31. The Hall–Kier alpha value is -2.85.